The average molecular weight is 292 g/mol. The molecular formula is C17H19ClFN. The van der Waals surface area contributed by atoms with Gasteiger partial charge >= 0.3 is 0 Å². The van der Waals surface area contributed by atoms with Crippen molar-refractivity contribution >= 4 is 11.6 Å². The molecule has 0 radical (unpaired) electrons. The number of aryl methyl sites for hydroxylation is 1. The second-order valence-corrected chi connectivity index (χ2v) is 5.34. The molecule has 0 aliphatic carbocycles. The van der Waals surface area contributed by atoms with E-state index in [-0.39, 0.29) is 11.9 Å². The zero-order valence-corrected chi connectivity index (χ0v) is 12.5. The summed E-state index contributed by atoms with van der Waals surface area (Å²) in [7, 11) is 0. The Hall–Kier alpha value is -1.38. The Morgan fingerprint density at radius 2 is 1.95 bits per heavy atom. The molecule has 0 aliphatic heterocycles. The number of benzene rings is 2. The van der Waals surface area contributed by atoms with Crippen LogP contribution in [0.2, 0.25) is 5.02 Å². The lowest BCUT2D eigenvalue weighted by Gasteiger charge is -2.21. The first-order chi connectivity index (χ1) is 9.61. The summed E-state index contributed by atoms with van der Waals surface area (Å²) < 4.78 is 13.9. The van der Waals surface area contributed by atoms with Gasteiger partial charge in [0.2, 0.25) is 0 Å². The van der Waals surface area contributed by atoms with Crippen molar-refractivity contribution in [1.82, 2.24) is 5.32 Å². The van der Waals surface area contributed by atoms with Crippen LogP contribution in [-0.2, 0) is 6.42 Å². The number of nitrogens with one attached hydrogen (secondary N) is 1. The van der Waals surface area contributed by atoms with Gasteiger partial charge in [0, 0.05) is 11.1 Å². The first-order valence-electron chi connectivity index (χ1n) is 6.84. The molecule has 2 rings (SSSR count). The fourth-order valence-corrected chi connectivity index (χ4v) is 2.63. The van der Waals surface area contributed by atoms with Crippen LogP contribution in [0.5, 0.6) is 0 Å². The molecule has 0 saturated carbocycles. The maximum atomic E-state index is 13.9. The molecule has 20 heavy (non-hydrogen) atoms. The molecule has 0 amide bonds. The van der Waals surface area contributed by atoms with Gasteiger partial charge in [-0.1, -0.05) is 42.8 Å². The maximum Gasteiger partial charge on any atom is 0.126 e. The SMILES string of the molecule is CCNC(Cc1cc(Cl)ccc1F)c1ccccc1C. The number of likely N-dealkylation sites (N-methyl/N-ethyl adjacent to an activating group) is 1. The molecule has 0 bridgehead atoms. The Morgan fingerprint density at radius 1 is 1.20 bits per heavy atom. The van der Waals surface area contributed by atoms with E-state index in [1.807, 2.05) is 12.1 Å². The molecule has 3 heteroatoms. The van der Waals surface area contributed by atoms with E-state index in [2.05, 4.69) is 31.3 Å². The molecule has 0 heterocycles. The summed E-state index contributed by atoms with van der Waals surface area (Å²) in [6.07, 6.45) is 0.588. The van der Waals surface area contributed by atoms with E-state index < -0.39 is 0 Å². The molecule has 0 spiro atoms. The predicted octanol–water partition coefficient (Wildman–Crippen LogP) is 4.68. The van der Waals surface area contributed by atoms with E-state index in [0.717, 1.165) is 6.54 Å². The van der Waals surface area contributed by atoms with Crippen LogP contribution in [0.15, 0.2) is 42.5 Å². The van der Waals surface area contributed by atoms with Crippen LogP contribution in [0.3, 0.4) is 0 Å². The summed E-state index contributed by atoms with van der Waals surface area (Å²) in [6, 6.07) is 13.0. The van der Waals surface area contributed by atoms with Crippen LogP contribution in [0, 0.1) is 12.7 Å². The Kier molecular flexibility index (Phi) is 5.16. The zero-order chi connectivity index (χ0) is 14.5. The standard InChI is InChI=1S/C17H19ClFN/c1-3-20-17(15-7-5-4-6-12(15)2)11-13-10-14(18)8-9-16(13)19/h4-10,17,20H,3,11H2,1-2H3. The molecule has 1 unspecified atom stereocenters. The third-order valence-corrected chi connectivity index (χ3v) is 3.68. The highest BCUT2D eigenvalue weighted by molar-refractivity contribution is 6.30. The van der Waals surface area contributed by atoms with Gasteiger partial charge in [0.1, 0.15) is 5.82 Å². The summed E-state index contributed by atoms with van der Waals surface area (Å²) in [5.74, 6) is -0.203. The normalized spacial score (nSPS) is 12.4. The minimum Gasteiger partial charge on any atom is -0.310 e. The molecule has 0 fully saturated rings. The lowest BCUT2D eigenvalue weighted by molar-refractivity contribution is 0.526. The average Bonchev–Trinajstić information content (AvgIpc) is 2.43. The second-order valence-electron chi connectivity index (χ2n) is 4.91. The fourth-order valence-electron chi connectivity index (χ4n) is 2.44. The zero-order valence-electron chi connectivity index (χ0n) is 11.8. The lowest BCUT2D eigenvalue weighted by Crippen LogP contribution is -2.24. The third kappa shape index (κ3) is 3.59. The monoisotopic (exact) mass is 291 g/mol. The van der Waals surface area contributed by atoms with E-state index >= 15 is 0 Å². The van der Waals surface area contributed by atoms with E-state index in [0.29, 0.717) is 17.0 Å². The fraction of sp³-hybridized carbons (Fsp3) is 0.294. The minimum absolute atomic E-state index is 0.0918. The van der Waals surface area contributed by atoms with E-state index in [1.54, 1.807) is 12.1 Å². The smallest absolute Gasteiger partial charge is 0.126 e. The van der Waals surface area contributed by atoms with Gasteiger partial charge in [-0.2, -0.15) is 0 Å². The first-order valence-corrected chi connectivity index (χ1v) is 7.22. The van der Waals surface area contributed by atoms with Crippen molar-refractivity contribution < 1.29 is 4.39 Å². The molecule has 1 nitrogen and oxygen atoms in total. The predicted molar refractivity (Wildman–Crippen MR) is 82.7 cm³/mol. The van der Waals surface area contributed by atoms with Crippen LogP contribution >= 0.6 is 11.6 Å². The molecule has 1 N–H and O–H groups in total. The topological polar surface area (TPSA) is 12.0 Å². The Morgan fingerprint density at radius 3 is 2.65 bits per heavy atom. The van der Waals surface area contributed by atoms with Crippen molar-refractivity contribution in [3.8, 4) is 0 Å². The van der Waals surface area contributed by atoms with Crippen LogP contribution in [0.25, 0.3) is 0 Å². The van der Waals surface area contributed by atoms with Crippen molar-refractivity contribution in [2.24, 2.45) is 0 Å². The molecule has 2 aromatic rings. The van der Waals surface area contributed by atoms with Crippen LogP contribution in [-0.4, -0.2) is 6.54 Å². The second kappa shape index (κ2) is 6.87. The van der Waals surface area contributed by atoms with Gasteiger partial charge in [-0.15, -0.1) is 0 Å². The van der Waals surface area contributed by atoms with Gasteiger partial charge in [0.15, 0.2) is 0 Å². The molecule has 106 valence electrons. The number of hydrogen-bond donors (Lipinski definition) is 1. The molecular weight excluding hydrogens is 273 g/mol. The van der Waals surface area contributed by atoms with E-state index in [4.69, 9.17) is 11.6 Å². The van der Waals surface area contributed by atoms with Crippen molar-refractivity contribution in [2.75, 3.05) is 6.54 Å². The highest BCUT2D eigenvalue weighted by atomic mass is 35.5. The summed E-state index contributed by atoms with van der Waals surface area (Å²) in [5.41, 5.74) is 3.06. The van der Waals surface area contributed by atoms with Gasteiger partial charge in [-0.25, -0.2) is 4.39 Å². The molecule has 0 aliphatic rings. The van der Waals surface area contributed by atoms with Gasteiger partial charge < -0.3 is 5.32 Å². The molecule has 0 aromatic heterocycles. The lowest BCUT2D eigenvalue weighted by atomic mass is 9.95. The van der Waals surface area contributed by atoms with Gasteiger partial charge in [0.25, 0.3) is 0 Å². The van der Waals surface area contributed by atoms with Crippen molar-refractivity contribution in [1.29, 1.82) is 0 Å². The van der Waals surface area contributed by atoms with Crippen LogP contribution in [0.1, 0.15) is 29.7 Å². The Labute approximate surface area is 124 Å². The van der Waals surface area contributed by atoms with Gasteiger partial charge in [-0.05, 0) is 54.8 Å². The van der Waals surface area contributed by atoms with E-state index in [9.17, 15) is 4.39 Å². The minimum atomic E-state index is -0.203. The quantitative estimate of drug-likeness (QED) is 0.843. The summed E-state index contributed by atoms with van der Waals surface area (Å²) in [6.45, 7) is 4.97. The molecule has 0 saturated heterocycles. The van der Waals surface area contributed by atoms with E-state index in [1.165, 1.54) is 17.2 Å². The van der Waals surface area contributed by atoms with Crippen LogP contribution < -0.4 is 5.32 Å². The first kappa shape index (κ1) is 15.0. The summed E-state index contributed by atoms with van der Waals surface area (Å²) in [4.78, 5) is 0. The summed E-state index contributed by atoms with van der Waals surface area (Å²) >= 11 is 5.97. The van der Waals surface area contributed by atoms with Gasteiger partial charge in [0.05, 0.1) is 0 Å². The molecule has 2 aromatic carbocycles. The van der Waals surface area contributed by atoms with Crippen molar-refractivity contribution in [2.45, 2.75) is 26.3 Å². The number of rotatable bonds is 5. The highest BCUT2D eigenvalue weighted by Gasteiger charge is 2.15. The Balaban J connectivity index is 2.30. The summed E-state index contributed by atoms with van der Waals surface area (Å²) in [5, 5.41) is 4.00. The van der Waals surface area contributed by atoms with Gasteiger partial charge in [-0.3, -0.25) is 0 Å². The highest BCUT2D eigenvalue weighted by Crippen LogP contribution is 2.24. The van der Waals surface area contributed by atoms with Crippen molar-refractivity contribution in [3.63, 3.8) is 0 Å². The Bertz CT molecular complexity index is 583. The largest absolute Gasteiger partial charge is 0.310 e. The van der Waals surface area contributed by atoms with Crippen LogP contribution in [0.4, 0.5) is 4.39 Å². The number of halogens is 2. The molecule has 1 atom stereocenters. The van der Waals surface area contributed by atoms with Crippen molar-refractivity contribution in [3.05, 3.63) is 70.0 Å². The third-order valence-electron chi connectivity index (χ3n) is 3.45. The number of hydrogen-bond acceptors (Lipinski definition) is 1. The maximum absolute atomic E-state index is 13.9.